The number of carbonyl (C=O) groups excluding carboxylic acids is 1. The summed E-state index contributed by atoms with van der Waals surface area (Å²) in [5.74, 6) is -1.13. The molecule has 1 aliphatic heterocycles. The SMILES string of the molecule is CC(CCn1cnc2cc(-c3ccc(OCCCN4CCOCC4)cc3F)ccc2c1=O)(C(=O)NO)S(C)(=O)=O. The molecule has 1 saturated heterocycles. The van der Waals surface area contributed by atoms with E-state index >= 15 is 0 Å². The van der Waals surface area contributed by atoms with E-state index in [0.717, 1.165) is 45.5 Å². The molecule has 216 valence electrons. The van der Waals surface area contributed by atoms with Gasteiger partial charge in [-0.15, -0.1) is 0 Å². The number of rotatable bonds is 11. The van der Waals surface area contributed by atoms with Crippen LogP contribution in [0.2, 0.25) is 0 Å². The highest BCUT2D eigenvalue weighted by atomic mass is 32.2. The average Bonchev–Trinajstić information content (AvgIpc) is 2.94. The molecule has 0 saturated carbocycles. The summed E-state index contributed by atoms with van der Waals surface area (Å²) < 4.78 is 49.7. The van der Waals surface area contributed by atoms with Crippen LogP contribution in [0.15, 0.2) is 47.5 Å². The lowest BCUT2D eigenvalue weighted by Crippen LogP contribution is -2.50. The van der Waals surface area contributed by atoms with E-state index in [9.17, 15) is 22.4 Å². The van der Waals surface area contributed by atoms with Gasteiger partial charge in [0.15, 0.2) is 14.6 Å². The second-order valence-corrected chi connectivity index (χ2v) is 12.4. The minimum absolute atomic E-state index is 0.136. The highest BCUT2D eigenvalue weighted by Gasteiger charge is 2.43. The van der Waals surface area contributed by atoms with E-state index in [-0.39, 0.29) is 18.4 Å². The number of nitrogens with one attached hydrogen (secondary N) is 1. The van der Waals surface area contributed by atoms with Crippen molar-refractivity contribution in [1.29, 1.82) is 0 Å². The fraction of sp³-hybridized carbons (Fsp3) is 0.444. The molecule has 1 aromatic heterocycles. The van der Waals surface area contributed by atoms with Crippen LogP contribution in [0.25, 0.3) is 22.0 Å². The quantitative estimate of drug-likeness (QED) is 0.199. The Kier molecular flexibility index (Phi) is 9.19. The number of aromatic nitrogens is 2. The lowest BCUT2D eigenvalue weighted by atomic mass is 10.0. The first-order valence-corrected chi connectivity index (χ1v) is 14.8. The van der Waals surface area contributed by atoms with Crippen LogP contribution in [0, 0.1) is 5.82 Å². The number of ether oxygens (including phenoxy) is 2. The van der Waals surface area contributed by atoms with Gasteiger partial charge in [-0.2, -0.15) is 0 Å². The number of aryl methyl sites for hydroxylation is 1. The minimum Gasteiger partial charge on any atom is -0.493 e. The van der Waals surface area contributed by atoms with Crippen LogP contribution in [0.3, 0.4) is 0 Å². The average molecular weight is 577 g/mol. The largest absolute Gasteiger partial charge is 0.493 e. The Hall–Kier alpha value is -3.39. The zero-order valence-corrected chi connectivity index (χ0v) is 23.2. The summed E-state index contributed by atoms with van der Waals surface area (Å²) in [6, 6.07) is 9.39. The van der Waals surface area contributed by atoms with Crippen molar-refractivity contribution in [3.8, 4) is 16.9 Å². The van der Waals surface area contributed by atoms with Crippen molar-refractivity contribution in [1.82, 2.24) is 19.9 Å². The first kappa shape index (κ1) is 29.6. The number of benzene rings is 2. The molecule has 2 aromatic carbocycles. The van der Waals surface area contributed by atoms with Crippen LogP contribution in [-0.2, 0) is 25.9 Å². The Balaban J connectivity index is 1.45. The molecule has 1 amide bonds. The van der Waals surface area contributed by atoms with Crippen molar-refractivity contribution < 1.29 is 32.3 Å². The molecule has 40 heavy (non-hydrogen) atoms. The molecular weight excluding hydrogens is 543 g/mol. The molecule has 1 atom stereocenters. The Labute approximate surface area is 231 Å². The van der Waals surface area contributed by atoms with Gasteiger partial charge in [-0.05, 0) is 49.6 Å². The van der Waals surface area contributed by atoms with Gasteiger partial charge in [-0.25, -0.2) is 23.3 Å². The Bertz CT molecular complexity index is 1540. The second-order valence-electron chi connectivity index (χ2n) is 9.97. The molecule has 1 fully saturated rings. The first-order chi connectivity index (χ1) is 19.0. The van der Waals surface area contributed by atoms with E-state index in [1.54, 1.807) is 24.3 Å². The van der Waals surface area contributed by atoms with Gasteiger partial charge in [0.1, 0.15) is 11.6 Å². The molecule has 0 radical (unpaired) electrons. The highest BCUT2D eigenvalue weighted by molar-refractivity contribution is 7.92. The molecule has 13 heteroatoms. The zero-order chi connectivity index (χ0) is 28.9. The van der Waals surface area contributed by atoms with Crippen molar-refractivity contribution in [3.05, 3.63) is 58.9 Å². The standard InChI is InChI=1S/C27H33FN4O7S/c1-27(26(34)30-35,40(2,36)37)8-10-32-18-29-24-16-19(4-6-22(24)25(32)33)21-7-5-20(17-23(21)28)39-13-3-9-31-11-14-38-15-12-31/h4-7,16-18,35H,3,8-15H2,1-2H3,(H,30,34). The summed E-state index contributed by atoms with van der Waals surface area (Å²) >= 11 is 0. The lowest BCUT2D eigenvalue weighted by molar-refractivity contribution is -0.131. The monoisotopic (exact) mass is 576 g/mol. The van der Waals surface area contributed by atoms with Crippen molar-refractivity contribution in [2.75, 3.05) is 45.7 Å². The van der Waals surface area contributed by atoms with Gasteiger partial charge in [0.05, 0.1) is 37.1 Å². The van der Waals surface area contributed by atoms with Gasteiger partial charge in [0.25, 0.3) is 11.5 Å². The Morgan fingerprint density at radius 1 is 1.20 bits per heavy atom. The van der Waals surface area contributed by atoms with Gasteiger partial charge in [0, 0.05) is 44.1 Å². The molecule has 2 heterocycles. The van der Waals surface area contributed by atoms with E-state index in [0.29, 0.717) is 29.0 Å². The summed E-state index contributed by atoms with van der Waals surface area (Å²) in [6.45, 7) is 5.70. The molecule has 2 N–H and O–H groups in total. The van der Waals surface area contributed by atoms with Crippen LogP contribution < -0.4 is 15.8 Å². The van der Waals surface area contributed by atoms with E-state index < -0.39 is 31.9 Å². The fourth-order valence-corrected chi connectivity index (χ4v) is 5.37. The fourth-order valence-electron chi connectivity index (χ4n) is 4.53. The summed E-state index contributed by atoms with van der Waals surface area (Å²) in [4.78, 5) is 31.7. The van der Waals surface area contributed by atoms with Crippen molar-refractivity contribution in [2.45, 2.75) is 31.1 Å². The van der Waals surface area contributed by atoms with Gasteiger partial charge in [-0.3, -0.25) is 24.3 Å². The van der Waals surface area contributed by atoms with Gasteiger partial charge >= 0.3 is 0 Å². The van der Waals surface area contributed by atoms with Crippen molar-refractivity contribution in [3.63, 3.8) is 0 Å². The summed E-state index contributed by atoms with van der Waals surface area (Å²) in [7, 11) is -3.91. The molecule has 3 aromatic rings. The maximum absolute atomic E-state index is 15.0. The van der Waals surface area contributed by atoms with E-state index in [1.807, 2.05) is 0 Å². The number of hydroxylamine groups is 1. The predicted molar refractivity (Wildman–Crippen MR) is 147 cm³/mol. The Morgan fingerprint density at radius 2 is 1.95 bits per heavy atom. The molecule has 0 bridgehead atoms. The third-order valence-corrected chi connectivity index (χ3v) is 9.32. The number of nitrogens with zero attached hydrogens (tertiary/aromatic N) is 3. The van der Waals surface area contributed by atoms with Gasteiger partial charge < -0.3 is 9.47 Å². The second kappa shape index (κ2) is 12.4. The molecule has 0 aliphatic carbocycles. The Morgan fingerprint density at radius 3 is 2.62 bits per heavy atom. The summed E-state index contributed by atoms with van der Waals surface area (Å²) in [5, 5.41) is 9.24. The van der Waals surface area contributed by atoms with Crippen molar-refractivity contribution in [2.24, 2.45) is 0 Å². The number of amides is 1. The third kappa shape index (κ3) is 6.49. The van der Waals surface area contributed by atoms with Crippen LogP contribution in [0.4, 0.5) is 4.39 Å². The van der Waals surface area contributed by atoms with E-state index in [2.05, 4.69) is 9.88 Å². The predicted octanol–water partition coefficient (Wildman–Crippen LogP) is 2.00. The van der Waals surface area contributed by atoms with E-state index in [1.165, 1.54) is 35.4 Å². The topological polar surface area (TPSA) is 140 Å². The maximum Gasteiger partial charge on any atom is 0.264 e. The highest BCUT2D eigenvalue weighted by Crippen LogP contribution is 2.28. The zero-order valence-electron chi connectivity index (χ0n) is 22.4. The van der Waals surface area contributed by atoms with E-state index in [4.69, 9.17) is 14.7 Å². The van der Waals surface area contributed by atoms with Crippen LogP contribution >= 0.6 is 0 Å². The molecule has 1 aliphatic rings. The molecule has 0 spiro atoms. The molecule has 1 unspecified atom stereocenters. The third-order valence-electron chi connectivity index (χ3n) is 7.30. The molecule has 11 nitrogen and oxygen atoms in total. The molecule has 4 rings (SSSR count). The normalized spacial score (nSPS) is 16.0. The van der Waals surface area contributed by atoms with Gasteiger partial charge in [-0.1, -0.05) is 6.07 Å². The smallest absolute Gasteiger partial charge is 0.264 e. The molecular formula is C27H33FN4O7S. The summed E-state index contributed by atoms with van der Waals surface area (Å²) in [5.41, 5.74) is 2.12. The minimum atomic E-state index is -3.91. The van der Waals surface area contributed by atoms with Gasteiger partial charge in [0.2, 0.25) is 0 Å². The maximum atomic E-state index is 15.0. The summed E-state index contributed by atoms with van der Waals surface area (Å²) in [6.07, 6.45) is 2.68. The lowest BCUT2D eigenvalue weighted by Gasteiger charge is -2.26. The first-order valence-electron chi connectivity index (χ1n) is 12.9. The number of halogens is 1. The number of hydrogen-bond donors (Lipinski definition) is 2. The van der Waals surface area contributed by atoms with Crippen LogP contribution in [-0.4, -0.2) is 84.4 Å². The number of carbonyl (C=O) groups is 1. The number of sulfone groups is 1. The van der Waals surface area contributed by atoms with Crippen LogP contribution in [0.1, 0.15) is 19.8 Å². The number of hydrogen-bond acceptors (Lipinski definition) is 9. The number of morpholine rings is 1. The van der Waals surface area contributed by atoms with Crippen molar-refractivity contribution >= 4 is 26.6 Å². The van der Waals surface area contributed by atoms with Crippen LogP contribution in [0.5, 0.6) is 5.75 Å². The number of fused-ring (bicyclic) bond motifs is 1.